The first-order valence-corrected chi connectivity index (χ1v) is 4.52. The molecule has 1 N–H and O–H groups in total. The van der Waals surface area contributed by atoms with Crippen LogP contribution in [0, 0.1) is 17.8 Å². The molecule has 2 heteroatoms. The van der Waals surface area contributed by atoms with E-state index < -0.39 is 0 Å². The minimum Gasteiger partial charge on any atom is -0.366 e. The fraction of sp³-hybridized carbons (Fsp3) is 0.800. The van der Waals surface area contributed by atoms with Crippen LogP contribution in [-0.2, 0) is 4.74 Å². The van der Waals surface area contributed by atoms with Crippen LogP contribution in [-0.4, -0.2) is 26.3 Å². The molecule has 1 rings (SSSR count). The van der Waals surface area contributed by atoms with Crippen molar-refractivity contribution < 1.29 is 4.74 Å². The molecule has 0 spiro atoms. The molecule has 0 aromatic rings. The summed E-state index contributed by atoms with van der Waals surface area (Å²) in [4.78, 5) is 0. The van der Waals surface area contributed by atoms with Gasteiger partial charge in [-0.1, -0.05) is 5.92 Å². The molecule has 0 bridgehead atoms. The number of ether oxygens (including phenoxy) is 1. The lowest BCUT2D eigenvalue weighted by molar-refractivity contribution is -0.0137. The quantitative estimate of drug-likeness (QED) is 0.631. The van der Waals surface area contributed by atoms with E-state index in [1.807, 2.05) is 14.0 Å². The van der Waals surface area contributed by atoms with Crippen LogP contribution in [0.4, 0.5) is 0 Å². The number of nitrogens with one attached hydrogen (secondary N) is 1. The third-order valence-corrected chi connectivity index (χ3v) is 2.25. The van der Waals surface area contributed by atoms with Crippen LogP contribution < -0.4 is 5.32 Å². The molecule has 0 saturated heterocycles. The Hall–Kier alpha value is -0.520. The average molecular weight is 167 g/mol. The largest absolute Gasteiger partial charge is 0.366 e. The summed E-state index contributed by atoms with van der Waals surface area (Å²) in [5, 5.41) is 3.17. The maximum Gasteiger partial charge on any atom is 0.108 e. The van der Waals surface area contributed by atoms with E-state index in [1.54, 1.807) is 0 Å². The van der Waals surface area contributed by atoms with Crippen LogP contribution in [0.5, 0.6) is 0 Å². The molecule has 1 aliphatic rings. The second kappa shape index (κ2) is 5.18. The maximum atomic E-state index is 5.49. The zero-order valence-electron chi connectivity index (χ0n) is 7.89. The third-order valence-electron chi connectivity index (χ3n) is 2.25. The normalized spacial score (nSPS) is 27.2. The van der Waals surface area contributed by atoms with Gasteiger partial charge in [-0.3, -0.25) is 0 Å². The van der Waals surface area contributed by atoms with Crippen molar-refractivity contribution in [3.05, 3.63) is 0 Å². The van der Waals surface area contributed by atoms with Crippen molar-refractivity contribution in [1.29, 1.82) is 0 Å². The van der Waals surface area contributed by atoms with Crippen LogP contribution >= 0.6 is 0 Å². The second-order valence-electron chi connectivity index (χ2n) is 3.25. The summed E-state index contributed by atoms with van der Waals surface area (Å²) in [5.74, 6) is 6.55. The van der Waals surface area contributed by atoms with Crippen LogP contribution in [0.3, 0.4) is 0 Å². The van der Waals surface area contributed by atoms with Gasteiger partial charge in [0.15, 0.2) is 0 Å². The molecule has 12 heavy (non-hydrogen) atoms. The standard InChI is InChI=1S/C10H17NO/c1-3-4-5-12-10-6-9(7-10)8-11-2/h9-11H,5-8H2,1-2H3. The topological polar surface area (TPSA) is 21.3 Å². The molecule has 0 aliphatic heterocycles. The van der Waals surface area contributed by atoms with Crippen LogP contribution in [0.15, 0.2) is 0 Å². The van der Waals surface area contributed by atoms with E-state index >= 15 is 0 Å². The lowest BCUT2D eigenvalue weighted by atomic mass is 9.82. The van der Waals surface area contributed by atoms with Crippen molar-refractivity contribution in [2.75, 3.05) is 20.2 Å². The molecule has 1 saturated carbocycles. The highest BCUT2D eigenvalue weighted by Gasteiger charge is 2.28. The highest BCUT2D eigenvalue weighted by atomic mass is 16.5. The summed E-state index contributed by atoms with van der Waals surface area (Å²) in [6.45, 7) is 3.57. The second-order valence-corrected chi connectivity index (χ2v) is 3.25. The Morgan fingerprint density at radius 2 is 2.25 bits per heavy atom. The highest BCUT2D eigenvalue weighted by molar-refractivity contribution is 4.95. The van der Waals surface area contributed by atoms with Gasteiger partial charge in [-0.15, -0.1) is 5.92 Å². The first-order valence-electron chi connectivity index (χ1n) is 4.52. The van der Waals surface area contributed by atoms with Gasteiger partial charge in [0.05, 0.1) is 6.10 Å². The predicted octanol–water partition coefficient (Wildman–Crippen LogP) is 1.02. The molecule has 0 atom stereocenters. The Bertz CT molecular complexity index is 174. The van der Waals surface area contributed by atoms with Gasteiger partial charge >= 0.3 is 0 Å². The number of rotatable bonds is 4. The van der Waals surface area contributed by atoms with Gasteiger partial charge in [-0.25, -0.2) is 0 Å². The molecule has 68 valence electrons. The summed E-state index contributed by atoms with van der Waals surface area (Å²) >= 11 is 0. The fourth-order valence-corrected chi connectivity index (χ4v) is 1.50. The van der Waals surface area contributed by atoms with E-state index in [0.717, 1.165) is 12.5 Å². The van der Waals surface area contributed by atoms with E-state index in [2.05, 4.69) is 17.2 Å². The fourth-order valence-electron chi connectivity index (χ4n) is 1.50. The molecule has 0 unspecified atom stereocenters. The molecule has 0 amide bonds. The Kier molecular flexibility index (Phi) is 4.13. The zero-order chi connectivity index (χ0) is 8.81. The highest BCUT2D eigenvalue weighted by Crippen LogP contribution is 2.28. The smallest absolute Gasteiger partial charge is 0.108 e. The number of hydrogen-bond acceptors (Lipinski definition) is 2. The van der Waals surface area contributed by atoms with Crippen LogP contribution in [0.25, 0.3) is 0 Å². The van der Waals surface area contributed by atoms with Crippen molar-refractivity contribution in [2.45, 2.75) is 25.9 Å². The third kappa shape index (κ3) is 2.84. The Labute approximate surface area is 74.7 Å². The minimum absolute atomic E-state index is 0.476. The molecule has 0 radical (unpaired) electrons. The van der Waals surface area contributed by atoms with E-state index in [0.29, 0.717) is 12.7 Å². The van der Waals surface area contributed by atoms with Gasteiger partial charge in [0.1, 0.15) is 6.61 Å². The zero-order valence-corrected chi connectivity index (χ0v) is 7.89. The maximum absolute atomic E-state index is 5.49. The Balaban J connectivity index is 1.97. The predicted molar refractivity (Wildman–Crippen MR) is 49.8 cm³/mol. The summed E-state index contributed by atoms with van der Waals surface area (Å²) in [6, 6.07) is 0. The van der Waals surface area contributed by atoms with Crippen molar-refractivity contribution in [3.63, 3.8) is 0 Å². The Morgan fingerprint density at radius 1 is 1.50 bits per heavy atom. The first-order chi connectivity index (χ1) is 5.86. The molecule has 0 aromatic heterocycles. The van der Waals surface area contributed by atoms with E-state index in [1.165, 1.54) is 12.8 Å². The molecule has 0 heterocycles. The summed E-state index contributed by atoms with van der Waals surface area (Å²) in [5.41, 5.74) is 0. The van der Waals surface area contributed by atoms with Gasteiger partial charge in [0.2, 0.25) is 0 Å². The molecular weight excluding hydrogens is 150 g/mol. The van der Waals surface area contributed by atoms with Crippen molar-refractivity contribution in [3.8, 4) is 11.8 Å². The molecule has 0 aromatic carbocycles. The van der Waals surface area contributed by atoms with E-state index in [4.69, 9.17) is 4.74 Å². The minimum atomic E-state index is 0.476. The SMILES string of the molecule is CC#CCOC1CC(CNC)C1. The van der Waals surface area contributed by atoms with Crippen LogP contribution in [0.2, 0.25) is 0 Å². The van der Waals surface area contributed by atoms with Gasteiger partial charge in [-0.2, -0.15) is 0 Å². The van der Waals surface area contributed by atoms with Crippen molar-refractivity contribution in [1.82, 2.24) is 5.32 Å². The number of hydrogen-bond donors (Lipinski definition) is 1. The van der Waals surface area contributed by atoms with Gasteiger partial charge in [-0.05, 0) is 39.3 Å². The lowest BCUT2D eigenvalue weighted by Gasteiger charge is -2.34. The summed E-state index contributed by atoms with van der Waals surface area (Å²) < 4.78 is 5.49. The van der Waals surface area contributed by atoms with Crippen LogP contribution in [0.1, 0.15) is 19.8 Å². The van der Waals surface area contributed by atoms with E-state index in [-0.39, 0.29) is 0 Å². The summed E-state index contributed by atoms with van der Waals surface area (Å²) in [6.07, 6.45) is 2.88. The first kappa shape index (κ1) is 9.57. The lowest BCUT2D eigenvalue weighted by Crippen LogP contribution is -2.36. The summed E-state index contributed by atoms with van der Waals surface area (Å²) in [7, 11) is 2.00. The Morgan fingerprint density at radius 3 is 2.83 bits per heavy atom. The average Bonchev–Trinajstić information content (AvgIpc) is 2.00. The van der Waals surface area contributed by atoms with Gasteiger partial charge < -0.3 is 10.1 Å². The van der Waals surface area contributed by atoms with Crippen molar-refractivity contribution in [2.24, 2.45) is 5.92 Å². The molecule has 1 aliphatic carbocycles. The molecular formula is C10H17NO. The van der Waals surface area contributed by atoms with E-state index in [9.17, 15) is 0 Å². The van der Waals surface area contributed by atoms with Crippen molar-refractivity contribution >= 4 is 0 Å². The van der Waals surface area contributed by atoms with Gasteiger partial charge in [0, 0.05) is 0 Å². The molecule has 1 fully saturated rings. The molecule has 2 nitrogen and oxygen atoms in total. The van der Waals surface area contributed by atoms with Gasteiger partial charge in [0.25, 0.3) is 0 Å². The monoisotopic (exact) mass is 167 g/mol.